The van der Waals surface area contributed by atoms with Crippen molar-refractivity contribution in [1.29, 1.82) is 0 Å². The van der Waals surface area contributed by atoms with Crippen LogP contribution >= 0.6 is 11.6 Å². The van der Waals surface area contributed by atoms with Gasteiger partial charge in [0.1, 0.15) is 11.6 Å². The second kappa shape index (κ2) is 5.46. The second-order valence-corrected chi connectivity index (χ2v) is 5.96. The Kier molecular flexibility index (Phi) is 3.65. The van der Waals surface area contributed by atoms with Gasteiger partial charge in [0.15, 0.2) is 11.0 Å². The van der Waals surface area contributed by atoms with E-state index in [0.29, 0.717) is 15.3 Å². The summed E-state index contributed by atoms with van der Waals surface area (Å²) >= 11 is 5.88. The number of anilines is 1. The highest BCUT2D eigenvalue weighted by atomic mass is 35.5. The lowest BCUT2D eigenvalue weighted by Gasteiger charge is -2.06. The summed E-state index contributed by atoms with van der Waals surface area (Å²) in [6, 6.07) is 8.14. The molecule has 0 radical (unpaired) electrons. The molecule has 0 fully saturated rings. The number of fused-ring (bicyclic) bond motifs is 1. The molecular formula is C14H9ClF2N2OS. The fourth-order valence-electron chi connectivity index (χ4n) is 1.95. The molecule has 1 aromatic heterocycles. The molecule has 3 rings (SSSR count). The first-order valence-corrected chi connectivity index (χ1v) is 7.47. The fourth-order valence-corrected chi connectivity index (χ4v) is 3.14. The van der Waals surface area contributed by atoms with E-state index in [1.165, 1.54) is 6.07 Å². The number of nitrogens with one attached hydrogen (secondary N) is 2. The van der Waals surface area contributed by atoms with Gasteiger partial charge in [-0.25, -0.2) is 13.0 Å². The number of halogens is 3. The molecule has 2 N–H and O–H groups in total. The first-order chi connectivity index (χ1) is 10.0. The molecule has 0 aliphatic carbocycles. The predicted molar refractivity (Wildman–Crippen MR) is 79.7 cm³/mol. The highest BCUT2D eigenvalue weighted by Gasteiger charge is 2.13. The Labute approximate surface area is 126 Å². The Morgan fingerprint density at radius 3 is 2.71 bits per heavy atom. The lowest BCUT2D eigenvalue weighted by atomic mass is 10.2. The maximum atomic E-state index is 13.6. The summed E-state index contributed by atoms with van der Waals surface area (Å²) in [5.74, 6) is -1.49. The minimum absolute atomic E-state index is 0.0296. The molecule has 7 heteroatoms. The maximum Gasteiger partial charge on any atom is 0.152 e. The van der Waals surface area contributed by atoms with Crippen molar-refractivity contribution in [3.05, 3.63) is 59.3 Å². The first kappa shape index (κ1) is 14.0. The number of aromatic nitrogens is 1. The van der Waals surface area contributed by atoms with Crippen molar-refractivity contribution in [3.8, 4) is 0 Å². The van der Waals surface area contributed by atoms with Gasteiger partial charge in [-0.3, -0.25) is 4.72 Å². The number of hydrogen-bond acceptors (Lipinski definition) is 1. The topological polar surface area (TPSA) is 44.9 Å². The highest BCUT2D eigenvalue weighted by molar-refractivity contribution is 7.86. The monoisotopic (exact) mass is 326 g/mol. The zero-order valence-corrected chi connectivity index (χ0v) is 12.1. The van der Waals surface area contributed by atoms with Gasteiger partial charge < -0.3 is 4.98 Å². The summed E-state index contributed by atoms with van der Waals surface area (Å²) in [5, 5.41) is 1.27. The van der Waals surface area contributed by atoms with Gasteiger partial charge in [0, 0.05) is 28.2 Å². The van der Waals surface area contributed by atoms with Crippen LogP contribution in [0.5, 0.6) is 0 Å². The molecule has 21 heavy (non-hydrogen) atoms. The highest BCUT2D eigenvalue weighted by Crippen LogP contribution is 2.26. The Morgan fingerprint density at radius 2 is 1.95 bits per heavy atom. The van der Waals surface area contributed by atoms with Gasteiger partial charge >= 0.3 is 0 Å². The van der Waals surface area contributed by atoms with E-state index in [1.807, 2.05) is 0 Å². The third-order valence-electron chi connectivity index (χ3n) is 2.94. The molecule has 0 aliphatic rings. The molecule has 1 unspecified atom stereocenters. The minimum atomic E-state index is -1.69. The van der Waals surface area contributed by atoms with Crippen LogP contribution < -0.4 is 4.72 Å². The zero-order valence-electron chi connectivity index (χ0n) is 10.5. The molecule has 0 bridgehead atoms. The van der Waals surface area contributed by atoms with Gasteiger partial charge in [-0.2, -0.15) is 0 Å². The molecular weight excluding hydrogens is 318 g/mol. The Bertz CT molecular complexity index is 850. The predicted octanol–water partition coefficient (Wildman–Crippen LogP) is 4.23. The third-order valence-corrected chi connectivity index (χ3v) is 4.32. The lowest BCUT2D eigenvalue weighted by molar-refractivity contribution is 0.586. The first-order valence-electron chi connectivity index (χ1n) is 5.95. The van der Waals surface area contributed by atoms with E-state index in [0.717, 1.165) is 17.6 Å². The molecule has 3 nitrogen and oxygen atoms in total. The maximum absolute atomic E-state index is 13.6. The quantitative estimate of drug-likeness (QED) is 0.743. The number of rotatable bonds is 3. The number of hydrogen-bond donors (Lipinski definition) is 2. The van der Waals surface area contributed by atoms with E-state index in [9.17, 15) is 13.0 Å². The van der Waals surface area contributed by atoms with Gasteiger partial charge in [0.2, 0.25) is 0 Å². The van der Waals surface area contributed by atoms with Crippen molar-refractivity contribution in [1.82, 2.24) is 4.98 Å². The third kappa shape index (κ3) is 2.77. The van der Waals surface area contributed by atoms with E-state index in [1.54, 1.807) is 24.4 Å². The van der Waals surface area contributed by atoms with E-state index in [2.05, 4.69) is 9.71 Å². The van der Waals surface area contributed by atoms with E-state index in [4.69, 9.17) is 11.6 Å². The summed E-state index contributed by atoms with van der Waals surface area (Å²) in [6.45, 7) is 0. The summed E-state index contributed by atoms with van der Waals surface area (Å²) in [6.07, 6.45) is 1.56. The molecule has 1 heterocycles. The molecule has 2 aromatic carbocycles. The van der Waals surface area contributed by atoms with Crippen molar-refractivity contribution in [2.24, 2.45) is 0 Å². The van der Waals surface area contributed by atoms with Crippen LogP contribution in [0.1, 0.15) is 0 Å². The summed E-state index contributed by atoms with van der Waals surface area (Å²) in [7, 11) is -1.69. The van der Waals surface area contributed by atoms with Gasteiger partial charge in [-0.05, 0) is 24.3 Å². The van der Waals surface area contributed by atoms with E-state index >= 15 is 0 Å². The van der Waals surface area contributed by atoms with Crippen LogP contribution in [0.3, 0.4) is 0 Å². The Morgan fingerprint density at radius 1 is 1.14 bits per heavy atom. The van der Waals surface area contributed by atoms with Crippen LogP contribution in [-0.4, -0.2) is 9.19 Å². The van der Waals surface area contributed by atoms with Crippen molar-refractivity contribution in [3.63, 3.8) is 0 Å². The zero-order chi connectivity index (χ0) is 15.0. The smallest absolute Gasteiger partial charge is 0.152 e. The van der Waals surface area contributed by atoms with Gasteiger partial charge in [-0.15, -0.1) is 0 Å². The normalized spacial score (nSPS) is 12.5. The van der Waals surface area contributed by atoms with Crippen LogP contribution in [0.25, 0.3) is 10.9 Å². The van der Waals surface area contributed by atoms with Crippen LogP contribution in [0.15, 0.2) is 47.5 Å². The molecule has 0 spiro atoms. The van der Waals surface area contributed by atoms with Gasteiger partial charge in [-0.1, -0.05) is 17.7 Å². The summed E-state index contributed by atoms with van der Waals surface area (Å²) in [5.41, 5.74) is 0.699. The van der Waals surface area contributed by atoms with Gasteiger partial charge in [0.25, 0.3) is 0 Å². The largest absolute Gasteiger partial charge is 0.360 e. The Hall–Kier alpha value is -1.92. The van der Waals surface area contributed by atoms with Crippen molar-refractivity contribution >= 4 is 39.2 Å². The van der Waals surface area contributed by atoms with Crippen molar-refractivity contribution in [2.75, 3.05) is 4.72 Å². The molecule has 0 aliphatic heterocycles. The number of aromatic amines is 1. The van der Waals surface area contributed by atoms with Crippen molar-refractivity contribution < 1.29 is 13.0 Å². The minimum Gasteiger partial charge on any atom is -0.360 e. The Balaban J connectivity index is 1.94. The number of benzene rings is 2. The molecule has 0 amide bonds. The fraction of sp³-hybridized carbons (Fsp3) is 0. The van der Waals surface area contributed by atoms with E-state index in [-0.39, 0.29) is 5.69 Å². The van der Waals surface area contributed by atoms with Crippen LogP contribution in [0.4, 0.5) is 14.5 Å². The summed E-state index contributed by atoms with van der Waals surface area (Å²) < 4.78 is 41.2. The summed E-state index contributed by atoms with van der Waals surface area (Å²) in [4.78, 5) is 3.41. The van der Waals surface area contributed by atoms with E-state index < -0.39 is 22.6 Å². The lowest BCUT2D eigenvalue weighted by Crippen LogP contribution is -2.06. The van der Waals surface area contributed by atoms with Crippen LogP contribution in [0.2, 0.25) is 5.02 Å². The van der Waals surface area contributed by atoms with Gasteiger partial charge in [0.05, 0.1) is 10.6 Å². The van der Waals surface area contributed by atoms with Crippen LogP contribution in [0, 0.1) is 11.6 Å². The molecule has 3 aromatic rings. The standard InChI is InChI=1S/C14H9ClF2N2OS/c15-8-1-3-10-13(5-8)18-7-14(10)21(20)19-12-4-2-9(16)6-11(12)17/h1-7,18-19H. The number of H-pyrrole nitrogens is 1. The molecule has 108 valence electrons. The molecule has 1 atom stereocenters. The average molecular weight is 327 g/mol. The average Bonchev–Trinajstić information content (AvgIpc) is 2.84. The molecule has 0 saturated heterocycles. The van der Waals surface area contributed by atoms with Crippen molar-refractivity contribution in [2.45, 2.75) is 4.90 Å². The SMILES string of the molecule is O=S(Nc1ccc(F)cc1F)c1c[nH]c2cc(Cl)ccc12. The second-order valence-electron chi connectivity index (χ2n) is 4.34. The van der Waals surface area contributed by atoms with Crippen LogP contribution in [-0.2, 0) is 11.0 Å². The molecule has 0 saturated carbocycles.